The fraction of sp³-hybridized carbons (Fsp3) is 0.0625. The van der Waals surface area contributed by atoms with Crippen molar-refractivity contribution in [2.45, 2.75) is 6.54 Å². The zero-order valence-electron chi connectivity index (χ0n) is 10.0. The van der Waals surface area contributed by atoms with Crippen LogP contribution in [0.25, 0.3) is 10.8 Å². The van der Waals surface area contributed by atoms with Crippen molar-refractivity contribution in [2.24, 2.45) is 0 Å². The van der Waals surface area contributed by atoms with Gasteiger partial charge in [0.2, 0.25) is 0 Å². The molecule has 2 nitrogen and oxygen atoms in total. The van der Waals surface area contributed by atoms with Crippen molar-refractivity contribution in [2.75, 3.05) is 5.32 Å². The molecule has 2 heteroatoms. The summed E-state index contributed by atoms with van der Waals surface area (Å²) in [5.41, 5.74) is 1.26. The van der Waals surface area contributed by atoms with Crippen LogP contribution >= 0.6 is 0 Å². The van der Waals surface area contributed by atoms with Crippen LogP contribution in [0.3, 0.4) is 0 Å². The molecule has 0 amide bonds. The van der Waals surface area contributed by atoms with Crippen LogP contribution in [0.1, 0.15) is 5.56 Å². The maximum atomic E-state index is 4.41. The summed E-state index contributed by atoms with van der Waals surface area (Å²) >= 11 is 0. The van der Waals surface area contributed by atoms with Crippen LogP contribution < -0.4 is 5.32 Å². The highest BCUT2D eigenvalue weighted by molar-refractivity contribution is 5.91. The molecule has 0 aliphatic carbocycles. The van der Waals surface area contributed by atoms with Gasteiger partial charge in [0.05, 0.1) is 0 Å². The van der Waals surface area contributed by atoms with E-state index in [1.54, 1.807) is 0 Å². The number of hydrogen-bond donors (Lipinski definition) is 1. The third kappa shape index (κ3) is 2.18. The van der Waals surface area contributed by atoms with Crippen molar-refractivity contribution in [1.82, 2.24) is 4.98 Å². The average Bonchev–Trinajstić information content (AvgIpc) is 2.46. The third-order valence-corrected chi connectivity index (χ3v) is 2.98. The van der Waals surface area contributed by atoms with Gasteiger partial charge in [-0.05, 0) is 17.0 Å². The summed E-state index contributed by atoms with van der Waals surface area (Å²) in [4.78, 5) is 4.41. The molecule has 0 aliphatic heterocycles. The van der Waals surface area contributed by atoms with Crippen LogP contribution in [-0.4, -0.2) is 4.98 Å². The molecule has 0 fully saturated rings. The number of anilines is 1. The SMILES string of the molecule is c1ccc(CNc2nccc3ccccc23)cc1. The number of nitrogens with zero attached hydrogens (tertiary/aromatic N) is 1. The van der Waals surface area contributed by atoms with Crippen molar-refractivity contribution >= 4 is 16.6 Å². The average molecular weight is 234 g/mol. The molecule has 0 aliphatic rings. The number of pyridine rings is 1. The van der Waals surface area contributed by atoms with E-state index in [1.165, 1.54) is 10.9 Å². The normalized spacial score (nSPS) is 10.4. The van der Waals surface area contributed by atoms with Crippen LogP contribution in [0.4, 0.5) is 5.82 Å². The highest BCUT2D eigenvalue weighted by Gasteiger charge is 2.00. The minimum absolute atomic E-state index is 0.793. The Morgan fingerprint density at radius 2 is 1.61 bits per heavy atom. The Bertz CT molecular complexity index is 642. The van der Waals surface area contributed by atoms with E-state index in [0.29, 0.717) is 0 Å². The van der Waals surface area contributed by atoms with Crippen LogP contribution in [-0.2, 0) is 6.54 Å². The fourth-order valence-electron chi connectivity index (χ4n) is 2.04. The monoisotopic (exact) mass is 234 g/mol. The highest BCUT2D eigenvalue weighted by Crippen LogP contribution is 2.20. The first-order chi connectivity index (χ1) is 8.93. The lowest BCUT2D eigenvalue weighted by Gasteiger charge is -2.08. The van der Waals surface area contributed by atoms with E-state index in [0.717, 1.165) is 17.7 Å². The topological polar surface area (TPSA) is 24.9 Å². The first-order valence-corrected chi connectivity index (χ1v) is 6.05. The van der Waals surface area contributed by atoms with Crippen molar-refractivity contribution in [3.63, 3.8) is 0 Å². The predicted molar refractivity (Wildman–Crippen MR) is 75.5 cm³/mol. The van der Waals surface area contributed by atoms with Crippen molar-refractivity contribution in [1.29, 1.82) is 0 Å². The van der Waals surface area contributed by atoms with E-state index in [2.05, 4.69) is 34.6 Å². The zero-order valence-corrected chi connectivity index (χ0v) is 10.0. The van der Waals surface area contributed by atoms with Gasteiger partial charge in [-0.2, -0.15) is 0 Å². The Kier molecular flexibility index (Phi) is 2.92. The zero-order chi connectivity index (χ0) is 12.2. The van der Waals surface area contributed by atoms with Gasteiger partial charge in [0.15, 0.2) is 0 Å². The highest BCUT2D eigenvalue weighted by atomic mass is 15.0. The van der Waals surface area contributed by atoms with Gasteiger partial charge < -0.3 is 5.32 Å². The molecule has 0 atom stereocenters. The van der Waals surface area contributed by atoms with Gasteiger partial charge >= 0.3 is 0 Å². The molecule has 0 saturated carbocycles. The Morgan fingerprint density at radius 3 is 2.50 bits per heavy atom. The minimum atomic E-state index is 0.793. The van der Waals surface area contributed by atoms with Gasteiger partial charge in [0, 0.05) is 18.1 Å². The molecule has 0 spiro atoms. The Labute approximate surface area is 106 Å². The van der Waals surface area contributed by atoms with Gasteiger partial charge in [-0.25, -0.2) is 4.98 Å². The fourth-order valence-corrected chi connectivity index (χ4v) is 2.04. The van der Waals surface area contributed by atoms with E-state index in [-0.39, 0.29) is 0 Å². The van der Waals surface area contributed by atoms with E-state index < -0.39 is 0 Å². The molecule has 3 rings (SSSR count). The van der Waals surface area contributed by atoms with Crippen molar-refractivity contribution < 1.29 is 0 Å². The molecule has 18 heavy (non-hydrogen) atoms. The molecule has 0 unspecified atom stereocenters. The standard InChI is InChI=1S/C16H14N2/c1-2-6-13(7-3-1)12-18-16-15-9-5-4-8-14(15)10-11-17-16/h1-11H,12H2,(H,17,18). The smallest absolute Gasteiger partial charge is 0.134 e. The molecule has 2 aromatic carbocycles. The number of aromatic nitrogens is 1. The number of benzene rings is 2. The summed E-state index contributed by atoms with van der Waals surface area (Å²) in [5.74, 6) is 0.942. The van der Waals surface area contributed by atoms with Gasteiger partial charge in [0.1, 0.15) is 5.82 Å². The maximum absolute atomic E-state index is 4.41. The molecular weight excluding hydrogens is 220 g/mol. The van der Waals surface area contributed by atoms with E-state index in [1.807, 2.05) is 42.6 Å². The van der Waals surface area contributed by atoms with Gasteiger partial charge in [-0.3, -0.25) is 0 Å². The second-order valence-corrected chi connectivity index (χ2v) is 4.22. The van der Waals surface area contributed by atoms with Crippen LogP contribution in [0.15, 0.2) is 66.9 Å². The van der Waals surface area contributed by atoms with Gasteiger partial charge in [-0.1, -0.05) is 54.6 Å². The molecule has 0 saturated heterocycles. The second-order valence-electron chi connectivity index (χ2n) is 4.22. The van der Waals surface area contributed by atoms with Crippen molar-refractivity contribution in [3.8, 4) is 0 Å². The lowest BCUT2D eigenvalue weighted by atomic mass is 10.1. The van der Waals surface area contributed by atoms with E-state index in [9.17, 15) is 0 Å². The lowest BCUT2D eigenvalue weighted by molar-refractivity contribution is 1.12. The summed E-state index contributed by atoms with van der Waals surface area (Å²) < 4.78 is 0. The molecule has 1 aromatic heterocycles. The quantitative estimate of drug-likeness (QED) is 0.744. The molecule has 88 valence electrons. The molecular formula is C16H14N2. The molecule has 0 radical (unpaired) electrons. The molecule has 3 aromatic rings. The first-order valence-electron chi connectivity index (χ1n) is 6.05. The van der Waals surface area contributed by atoms with E-state index >= 15 is 0 Å². The first kappa shape index (κ1) is 10.8. The maximum Gasteiger partial charge on any atom is 0.134 e. The predicted octanol–water partition coefficient (Wildman–Crippen LogP) is 3.85. The number of fused-ring (bicyclic) bond motifs is 1. The number of hydrogen-bond acceptors (Lipinski definition) is 2. The summed E-state index contributed by atoms with van der Waals surface area (Å²) in [6.45, 7) is 0.793. The molecule has 1 heterocycles. The largest absolute Gasteiger partial charge is 0.365 e. The lowest BCUT2D eigenvalue weighted by Crippen LogP contribution is -2.01. The summed E-state index contributed by atoms with van der Waals surface area (Å²) in [6, 6.07) is 20.7. The number of nitrogens with one attached hydrogen (secondary N) is 1. The van der Waals surface area contributed by atoms with E-state index in [4.69, 9.17) is 0 Å². The molecule has 0 bridgehead atoms. The Balaban J connectivity index is 1.87. The van der Waals surface area contributed by atoms with Gasteiger partial charge in [-0.15, -0.1) is 0 Å². The minimum Gasteiger partial charge on any atom is -0.365 e. The van der Waals surface area contributed by atoms with Crippen LogP contribution in [0, 0.1) is 0 Å². The van der Waals surface area contributed by atoms with Crippen LogP contribution in [0.2, 0.25) is 0 Å². The Hall–Kier alpha value is -2.35. The summed E-state index contributed by atoms with van der Waals surface area (Å²) in [7, 11) is 0. The van der Waals surface area contributed by atoms with Gasteiger partial charge in [0.25, 0.3) is 0 Å². The van der Waals surface area contributed by atoms with Crippen molar-refractivity contribution in [3.05, 3.63) is 72.4 Å². The number of rotatable bonds is 3. The van der Waals surface area contributed by atoms with Crippen LogP contribution in [0.5, 0.6) is 0 Å². The second kappa shape index (κ2) is 4.88. The Morgan fingerprint density at radius 1 is 0.833 bits per heavy atom. The third-order valence-electron chi connectivity index (χ3n) is 2.98. The molecule has 1 N–H and O–H groups in total. The summed E-state index contributed by atoms with van der Waals surface area (Å²) in [5, 5.41) is 5.77. The summed E-state index contributed by atoms with van der Waals surface area (Å²) in [6.07, 6.45) is 1.84.